The topological polar surface area (TPSA) is 75.9 Å². The average molecular weight is 362 g/mol. The maximum absolute atomic E-state index is 4.78. The molecular weight excluding hydrogens is 340 g/mol. The Kier molecular flexibility index (Phi) is 3.95. The summed E-state index contributed by atoms with van der Waals surface area (Å²) in [6, 6.07) is 5.92. The highest BCUT2D eigenvalue weighted by molar-refractivity contribution is 5.47. The molecule has 0 N–H and O–H groups in total. The normalized spacial score (nSPS) is 17.4. The molecule has 2 aliphatic rings. The van der Waals surface area contributed by atoms with E-state index in [9.17, 15) is 0 Å². The molecule has 0 aromatic carbocycles. The fraction of sp³-hybridized carbons (Fsp3) is 0.421. The third-order valence-electron chi connectivity index (χ3n) is 5.08. The Labute approximate surface area is 157 Å². The molecular formula is C19H22N8. The van der Waals surface area contributed by atoms with Gasteiger partial charge in [0.05, 0.1) is 0 Å². The maximum Gasteiger partial charge on any atom is 0.159 e. The number of rotatable bonds is 4. The van der Waals surface area contributed by atoms with Crippen LogP contribution in [0.25, 0.3) is 5.82 Å². The van der Waals surface area contributed by atoms with E-state index in [2.05, 4.69) is 29.9 Å². The molecule has 0 radical (unpaired) electrons. The monoisotopic (exact) mass is 362 g/mol. The molecule has 27 heavy (non-hydrogen) atoms. The van der Waals surface area contributed by atoms with E-state index in [-0.39, 0.29) is 0 Å². The Balaban J connectivity index is 1.31. The van der Waals surface area contributed by atoms with Gasteiger partial charge in [-0.05, 0) is 31.9 Å². The second-order valence-corrected chi connectivity index (χ2v) is 7.10. The molecule has 1 aliphatic heterocycles. The summed E-state index contributed by atoms with van der Waals surface area (Å²) in [4.78, 5) is 23.0. The average Bonchev–Trinajstić information content (AvgIpc) is 3.42. The third kappa shape index (κ3) is 3.34. The first-order valence-corrected chi connectivity index (χ1v) is 9.45. The van der Waals surface area contributed by atoms with E-state index in [1.807, 2.05) is 37.5 Å². The van der Waals surface area contributed by atoms with Crippen LogP contribution >= 0.6 is 0 Å². The van der Waals surface area contributed by atoms with Gasteiger partial charge in [0.15, 0.2) is 5.82 Å². The van der Waals surface area contributed by atoms with Gasteiger partial charge in [-0.2, -0.15) is 5.10 Å². The van der Waals surface area contributed by atoms with Crippen molar-refractivity contribution in [2.24, 2.45) is 0 Å². The van der Waals surface area contributed by atoms with E-state index in [1.54, 1.807) is 10.9 Å². The van der Waals surface area contributed by atoms with Crippen LogP contribution < -0.4 is 9.80 Å². The van der Waals surface area contributed by atoms with Crippen molar-refractivity contribution >= 4 is 11.6 Å². The summed E-state index contributed by atoms with van der Waals surface area (Å²) in [5.74, 6) is 5.14. The van der Waals surface area contributed by atoms with Gasteiger partial charge in [0.1, 0.15) is 23.3 Å². The number of piperazine rings is 1. The van der Waals surface area contributed by atoms with Crippen molar-refractivity contribution in [2.45, 2.75) is 25.7 Å². The highest BCUT2D eigenvalue weighted by atomic mass is 15.3. The van der Waals surface area contributed by atoms with Crippen LogP contribution in [-0.4, -0.2) is 55.9 Å². The SMILES string of the molecule is Cc1nc(N2CCN(c3ccnc(C4CC4)n3)CC2)cc(-n2cccn2)n1. The van der Waals surface area contributed by atoms with Gasteiger partial charge < -0.3 is 9.80 Å². The Morgan fingerprint density at radius 1 is 0.889 bits per heavy atom. The molecule has 0 atom stereocenters. The van der Waals surface area contributed by atoms with Crippen molar-refractivity contribution in [2.75, 3.05) is 36.0 Å². The molecule has 4 heterocycles. The highest BCUT2D eigenvalue weighted by Gasteiger charge is 2.27. The lowest BCUT2D eigenvalue weighted by atomic mass is 10.3. The molecule has 5 rings (SSSR count). The first-order chi connectivity index (χ1) is 13.3. The summed E-state index contributed by atoms with van der Waals surface area (Å²) in [6.45, 7) is 5.56. The van der Waals surface area contributed by atoms with Gasteiger partial charge in [-0.15, -0.1) is 0 Å². The Hall–Kier alpha value is -3.03. The predicted octanol–water partition coefficient (Wildman–Crippen LogP) is 1.96. The fourth-order valence-electron chi connectivity index (χ4n) is 3.46. The summed E-state index contributed by atoms with van der Waals surface area (Å²) >= 11 is 0. The molecule has 1 saturated carbocycles. The number of anilines is 2. The number of hydrogen-bond acceptors (Lipinski definition) is 7. The summed E-state index contributed by atoms with van der Waals surface area (Å²) in [6.07, 6.45) is 8.00. The molecule has 1 saturated heterocycles. The van der Waals surface area contributed by atoms with Gasteiger partial charge in [0.2, 0.25) is 0 Å². The standard InChI is InChI=1S/C19H22N8/c1-14-22-17(13-18(23-14)27-8-2-6-21-27)26-11-9-25(10-12-26)16-5-7-20-19(24-16)15-3-4-15/h2,5-8,13,15H,3-4,9-12H2,1H3. The first kappa shape index (κ1) is 16.2. The summed E-state index contributed by atoms with van der Waals surface area (Å²) in [5.41, 5.74) is 0. The van der Waals surface area contributed by atoms with Crippen LogP contribution in [0.3, 0.4) is 0 Å². The Bertz CT molecular complexity index is 927. The second kappa shape index (κ2) is 6.61. The zero-order chi connectivity index (χ0) is 18.2. The minimum atomic E-state index is 0.580. The molecule has 0 unspecified atom stereocenters. The summed E-state index contributed by atoms with van der Waals surface area (Å²) < 4.78 is 1.77. The van der Waals surface area contributed by atoms with E-state index in [1.165, 1.54) is 12.8 Å². The quantitative estimate of drug-likeness (QED) is 0.702. The maximum atomic E-state index is 4.78. The molecule has 1 aliphatic carbocycles. The smallest absolute Gasteiger partial charge is 0.159 e. The summed E-state index contributed by atoms with van der Waals surface area (Å²) in [7, 11) is 0. The number of nitrogens with zero attached hydrogens (tertiary/aromatic N) is 8. The second-order valence-electron chi connectivity index (χ2n) is 7.10. The van der Waals surface area contributed by atoms with Crippen LogP contribution in [-0.2, 0) is 0 Å². The van der Waals surface area contributed by atoms with E-state index in [0.29, 0.717) is 5.92 Å². The molecule has 0 spiro atoms. The van der Waals surface area contributed by atoms with E-state index < -0.39 is 0 Å². The zero-order valence-electron chi connectivity index (χ0n) is 15.4. The van der Waals surface area contributed by atoms with Gasteiger partial charge in [-0.1, -0.05) is 0 Å². The lowest BCUT2D eigenvalue weighted by molar-refractivity contribution is 0.636. The van der Waals surface area contributed by atoms with E-state index in [4.69, 9.17) is 4.98 Å². The van der Waals surface area contributed by atoms with Crippen molar-refractivity contribution in [3.8, 4) is 5.82 Å². The third-order valence-corrected chi connectivity index (χ3v) is 5.08. The van der Waals surface area contributed by atoms with Crippen LogP contribution in [0.2, 0.25) is 0 Å². The molecule has 3 aromatic rings. The van der Waals surface area contributed by atoms with Crippen molar-refractivity contribution in [1.82, 2.24) is 29.7 Å². The molecule has 0 amide bonds. The van der Waals surface area contributed by atoms with Gasteiger partial charge >= 0.3 is 0 Å². The van der Waals surface area contributed by atoms with Gasteiger partial charge in [0.25, 0.3) is 0 Å². The number of aromatic nitrogens is 6. The fourth-order valence-corrected chi connectivity index (χ4v) is 3.46. The molecule has 0 bridgehead atoms. The Morgan fingerprint density at radius 2 is 1.63 bits per heavy atom. The molecule has 3 aromatic heterocycles. The van der Waals surface area contributed by atoms with Crippen LogP contribution in [0.1, 0.15) is 30.4 Å². The number of hydrogen-bond donors (Lipinski definition) is 0. The summed E-state index contributed by atoms with van der Waals surface area (Å²) in [5, 5.41) is 4.28. The van der Waals surface area contributed by atoms with Crippen LogP contribution in [0.4, 0.5) is 11.6 Å². The van der Waals surface area contributed by atoms with Crippen molar-refractivity contribution in [3.63, 3.8) is 0 Å². The van der Waals surface area contributed by atoms with Crippen molar-refractivity contribution in [1.29, 1.82) is 0 Å². The molecule has 2 fully saturated rings. The largest absolute Gasteiger partial charge is 0.353 e. The zero-order valence-corrected chi connectivity index (χ0v) is 15.4. The Morgan fingerprint density at radius 3 is 2.33 bits per heavy atom. The lowest BCUT2D eigenvalue weighted by Crippen LogP contribution is -2.47. The van der Waals surface area contributed by atoms with Crippen molar-refractivity contribution < 1.29 is 0 Å². The van der Waals surface area contributed by atoms with Gasteiger partial charge in [-0.3, -0.25) is 0 Å². The van der Waals surface area contributed by atoms with Crippen molar-refractivity contribution in [3.05, 3.63) is 48.4 Å². The number of aryl methyl sites for hydroxylation is 1. The van der Waals surface area contributed by atoms with E-state index in [0.717, 1.165) is 55.3 Å². The highest BCUT2D eigenvalue weighted by Crippen LogP contribution is 2.38. The van der Waals surface area contributed by atoms with Gasteiger partial charge in [0, 0.05) is 56.8 Å². The molecule has 138 valence electrons. The van der Waals surface area contributed by atoms with Crippen LogP contribution in [0, 0.1) is 6.92 Å². The lowest BCUT2D eigenvalue weighted by Gasteiger charge is -2.36. The molecule has 8 heteroatoms. The minimum Gasteiger partial charge on any atom is -0.353 e. The first-order valence-electron chi connectivity index (χ1n) is 9.45. The van der Waals surface area contributed by atoms with E-state index >= 15 is 0 Å². The minimum absolute atomic E-state index is 0.580. The van der Waals surface area contributed by atoms with Gasteiger partial charge in [-0.25, -0.2) is 24.6 Å². The van der Waals surface area contributed by atoms with Crippen LogP contribution in [0.15, 0.2) is 36.8 Å². The predicted molar refractivity (Wildman–Crippen MR) is 102 cm³/mol. The molecule has 8 nitrogen and oxygen atoms in total. The van der Waals surface area contributed by atoms with Crippen LogP contribution in [0.5, 0.6) is 0 Å².